The van der Waals surface area contributed by atoms with Crippen molar-refractivity contribution >= 4 is 5.97 Å². The van der Waals surface area contributed by atoms with E-state index in [1.54, 1.807) is 6.92 Å². The van der Waals surface area contributed by atoms with E-state index in [2.05, 4.69) is 5.48 Å². The molecule has 1 aliphatic rings. The lowest BCUT2D eigenvalue weighted by Crippen LogP contribution is -2.51. The molecule has 2 unspecified atom stereocenters. The van der Waals surface area contributed by atoms with Gasteiger partial charge in [0.05, 0.1) is 0 Å². The van der Waals surface area contributed by atoms with Crippen LogP contribution in [0, 0.1) is 0 Å². The van der Waals surface area contributed by atoms with Crippen molar-refractivity contribution in [1.29, 1.82) is 0 Å². The lowest BCUT2D eigenvalue weighted by Gasteiger charge is -2.29. The van der Waals surface area contributed by atoms with E-state index >= 15 is 0 Å². The summed E-state index contributed by atoms with van der Waals surface area (Å²) >= 11 is 0. The van der Waals surface area contributed by atoms with Crippen LogP contribution in [0.25, 0.3) is 0 Å². The molecule has 2 atom stereocenters. The van der Waals surface area contributed by atoms with Gasteiger partial charge in [-0.1, -0.05) is 19.8 Å². The Balaban J connectivity index is 2.39. The Kier molecular flexibility index (Phi) is 5.88. The summed E-state index contributed by atoms with van der Waals surface area (Å²) in [5.41, 5.74) is 1.64. The Bertz CT molecular complexity index is 241. The molecule has 0 spiro atoms. The molecule has 5 heteroatoms. The van der Waals surface area contributed by atoms with E-state index in [-0.39, 0.29) is 6.29 Å². The summed E-state index contributed by atoms with van der Waals surface area (Å²) in [6, 6.07) is 0. The summed E-state index contributed by atoms with van der Waals surface area (Å²) in [7, 11) is 0. The number of carboxylic acid groups (broad SMARTS) is 1. The second-order valence-corrected chi connectivity index (χ2v) is 4.76. The highest BCUT2D eigenvalue weighted by atomic mass is 16.8. The fourth-order valence-electron chi connectivity index (χ4n) is 1.73. The number of unbranched alkanes of at least 4 members (excludes halogenated alkanes) is 1. The van der Waals surface area contributed by atoms with Crippen molar-refractivity contribution in [2.45, 2.75) is 64.2 Å². The molecule has 0 radical (unpaired) electrons. The van der Waals surface area contributed by atoms with Crippen LogP contribution in [0.3, 0.4) is 0 Å². The van der Waals surface area contributed by atoms with Gasteiger partial charge in [0.2, 0.25) is 0 Å². The average Bonchev–Trinajstić information content (AvgIpc) is 2.35. The molecule has 17 heavy (non-hydrogen) atoms. The first-order valence-corrected chi connectivity index (χ1v) is 6.36. The van der Waals surface area contributed by atoms with E-state index in [9.17, 15) is 9.90 Å². The lowest BCUT2D eigenvalue weighted by molar-refractivity contribution is -0.216. The maximum Gasteiger partial charge on any atom is 0.325 e. The van der Waals surface area contributed by atoms with Gasteiger partial charge in [-0.3, -0.25) is 9.63 Å². The lowest BCUT2D eigenvalue weighted by atomic mass is 9.96. The second-order valence-electron chi connectivity index (χ2n) is 4.76. The molecule has 0 aromatic carbocycles. The van der Waals surface area contributed by atoms with E-state index in [0.717, 1.165) is 32.1 Å². The van der Waals surface area contributed by atoms with Crippen LogP contribution >= 0.6 is 0 Å². The zero-order chi connectivity index (χ0) is 12.7. The summed E-state index contributed by atoms with van der Waals surface area (Å²) in [5.74, 6) is -0.887. The molecule has 0 aromatic heterocycles. The SMILES string of the molecule is CCCCC(C)(NOC1CCCCO1)C(=O)O. The molecule has 1 heterocycles. The van der Waals surface area contributed by atoms with Crippen molar-refractivity contribution in [3.8, 4) is 0 Å². The number of ether oxygens (including phenoxy) is 1. The van der Waals surface area contributed by atoms with Crippen molar-refractivity contribution in [3.05, 3.63) is 0 Å². The van der Waals surface area contributed by atoms with Crippen LogP contribution in [0.1, 0.15) is 52.4 Å². The number of rotatable bonds is 7. The molecule has 0 saturated carbocycles. The normalized spacial score (nSPS) is 24.2. The van der Waals surface area contributed by atoms with Crippen LogP contribution in [0.4, 0.5) is 0 Å². The maximum absolute atomic E-state index is 11.2. The van der Waals surface area contributed by atoms with Crippen LogP contribution in [0.2, 0.25) is 0 Å². The second kappa shape index (κ2) is 6.93. The first kappa shape index (κ1) is 14.4. The Morgan fingerprint density at radius 3 is 2.88 bits per heavy atom. The molecule has 0 amide bonds. The van der Waals surface area contributed by atoms with Crippen molar-refractivity contribution < 1.29 is 19.5 Å². The van der Waals surface area contributed by atoms with Gasteiger partial charge in [-0.05, 0) is 26.2 Å². The average molecular weight is 245 g/mol. The third-order valence-electron chi connectivity index (χ3n) is 3.06. The van der Waals surface area contributed by atoms with Gasteiger partial charge in [0.15, 0.2) is 6.29 Å². The quantitative estimate of drug-likeness (QED) is 0.672. The molecule has 5 nitrogen and oxygen atoms in total. The molecule has 0 bridgehead atoms. The van der Waals surface area contributed by atoms with Crippen LogP contribution in [-0.4, -0.2) is 29.5 Å². The van der Waals surface area contributed by atoms with Gasteiger partial charge >= 0.3 is 5.97 Å². The van der Waals surface area contributed by atoms with Crippen molar-refractivity contribution in [1.82, 2.24) is 5.48 Å². The fourth-order valence-corrected chi connectivity index (χ4v) is 1.73. The molecule has 2 N–H and O–H groups in total. The van der Waals surface area contributed by atoms with E-state index in [4.69, 9.17) is 9.57 Å². The van der Waals surface area contributed by atoms with Gasteiger partial charge in [0, 0.05) is 13.0 Å². The molecule has 1 rings (SSSR count). The summed E-state index contributed by atoms with van der Waals surface area (Å²) in [6.07, 6.45) is 4.97. The van der Waals surface area contributed by atoms with Crippen LogP contribution in [-0.2, 0) is 14.4 Å². The first-order chi connectivity index (χ1) is 8.08. The zero-order valence-electron chi connectivity index (χ0n) is 10.7. The van der Waals surface area contributed by atoms with Crippen molar-refractivity contribution in [2.75, 3.05) is 6.61 Å². The Labute approximate surface area is 102 Å². The summed E-state index contributed by atoms with van der Waals surface area (Å²) in [4.78, 5) is 16.6. The third-order valence-corrected chi connectivity index (χ3v) is 3.06. The Morgan fingerprint density at radius 2 is 2.35 bits per heavy atom. The fraction of sp³-hybridized carbons (Fsp3) is 0.917. The predicted octanol–water partition coefficient (Wildman–Crippen LogP) is 2.07. The summed E-state index contributed by atoms with van der Waals surface area (Å²) in [5, 5.41) is 9.21. The van der Waals surface area contributed by atoms with E-state index in [1.807, 2.05) is 6.92 Å². The molecule has 0 aromatic rings. The summed E-state index contributed by atoms with van der Waals surface area (Å²) < 4.78 is 5.38. The maximum atomic E-state index is 11.2. The highest BCUT2D eigenvalue weighted by molar-refractivity contribution is 5.77. The molecular weight excluding hydrogens is 222 g/mol. The topological polar surface area (TPSA) is 67.8 Å². The van der Waals surface area contributed by atoms with Crippen molar-refractivity contribution in [2.24, 2.45) is 0 Å². The molecule has 100 valence electrons. The Hall–Kier alpha value is -0.650. The largest absolute Gasteiger partial charge is 0.480 e. The number of carboxylic acids is 1. The molecule has 1 fully saturated rings. The molecular formula is C12H23NO4. The monoisotopic (exact) mass is 245 g/mol. The van der Waals surface area contributed by atoms with Gasteiger partial charge in [-0.25, -0.2) is 0 Å². The number of nitrogens with one attached hydrogen (secondary N) is 1. The first-order valence-electron chi connectivity index (χ1n) is 6.36. The van der Waals surface area contributed by atoms with Gasteiger partial charge < -0.3 is 9.84 Å². The van der Waals surface area contributed by atoms with E-state index in [0.29, 0.717) is 13.0 Å². The van der Waals surface area contributed by atoms with E-state index in [1.165, 1.54) is 0 Å². The number of hydrogen-bond donors (Lipinski definition) is 2. The van der Waals surface area contributed by atoms with Gasteiger partial charge in [-0.2, -0.15) is 5.48 Å². The highest BCUT2D eigenvalue weighted by Crippen LogP contribution is 2.17. The smallest absolute Gasteiger partial charge is 0.325 e. The van der Waals surface area contributed by atoms with Gasteiger partial charge in [0.1, 0.15) is 5.54 Å². The number of hydrogen-bond acceptors (Lipinski definition) is 4. The third kappa shape index (κ3) is 4.61. The minimum atomic E-state index is -1.03. The molecule has 1 aliphatic heterocycles. The zero-order valence-corrected chi connectivity index (χ0v) is 10.7. The standard InChI is InChI=1S/C12H23NO4/c1-3-4-8-12(2,11(14)15)13-17-10-7-5-6-9-16-10/h10,13H,3-9H2,1-2H3,(H,14,15). The highest BCUT2D eigenvalue weighted by Gasteiger charge is 2.33. The van der Waals surface area contributed by atoms with Gasteiger partial charge in [-0.15, -0.1) is 0 Å². The van der Waals surface area contributed by atoms with Crippen LogP contribution in [0.15, 0.2) is 0 Å². The van der Waals surface area contributed by atoms with Crippen LogP contribution in [0.5, 0.6) is 0 Å². The Morgan fingerprint density at radius 1 is 1.59 bits per heavy atom. The van der Waals surface area contributed by atoms with Crippen molar-refractivity contribution in [3.63, 3.8) is 0 Å². The number of carbonyl (C=O) groups is 1. The number of hydroxylamine groups is 1. The van der Waals surface area contributed by atoms with Gasteiger partial charge in [0.25, 0.3) is 0 Å². The molecule has 1 saturated heterocycles. The predicted molar refractivity (Wildman–Crippen MR) is 63.4 cm³/mol. The minimum absolute atomic E-state index is 0.316. The number of aliphatic carboxylic acids is 1. The van der Waals surface area contributed by atoms with Crippen LogP contribution < -0.4 is 5.48 Å². The minimum Gasteiger partial charge on any atom is -0.480 e. The molecule has 0 aliphatic carbocycles. The summed E-state index contributed by atoms with van der Waals surface area (Å²) in [6.45, 7) is 4.37. The van der Waals surface area contributed by atoms with E-state index < -0.39 is 11.5 Å².